The van der Waals surface area contributed by atoms with Crippen molar-refractivity contribution in [3.8, 4) is 5.75 Å². The molecule has 0 aliphatic carbocycles. The molecule has 0 bridgehead atoms. The van der Waals surface area contributed by atoms with Gasteiger partial charge in [0.15, 0.2) is 0 Å². The van der Waals surface area contributed by atoms with E-state index in [2.05, 4.69) is 10.6 Å². The number of hydrogen-bond acceptors (Lipinski definition) is 6. The Bertz CT molecular complexity index is 1690. The lowest BCUT2D eigenvalue weighted by atomic mass is 10.1. The zero-order valence-electron chi connectivity index (χ0n) is 23.0. The SMILES string of the molecule is COc1cccc(/C=C(\NC(=O)c2ccccc2)C(=O)Nc2ccc(SC3CC(=O)N(c4ccc(F)cc4)C3=O)cc2)c1. The van der Waals surface area contributed by atoms with Gasteiger partial charge in [-0.2, -0.15) is 0 Å². The van der Waals surface area contributed by atoms with Crippen molar-refractivity contribution >= 4 is 52.8 Å². The van der Waals surface area contributed by atoms with Crippen LogP contribution in [0.25, 0.3) is 6.08 Å². The molecule has 1 aliphatic rings. The number of benzene rings is 4. The zero-order valence-corrected chi connectivity index (χ0v) is 23.8. The Morgan fingerprint density at radius 1 is 0.930 bits per heavy atom. The maximum Gasteiger partial charge on any atom is 0.272 e. The van der Waals surface area contributed by atoms with E-state index in [0.29, 0.717) is 28.3 Å². The number of nitrogens with one attached hydrogen (secondary N) is 2. The van der Waals surface area contributed by atoms with E-state index in [1.807, 2.05) is 0 Å². The number of hydrogen-bond donors (Lipinski definition) is 2. The molecule has 216 valence electrons. The van der Waals surface area contributed by atoms with Crippen LogP contribution >= 0.6 is 11.8 Å². The first-order chi connectivity index (χ1) is 20.8. The first kappa shape index (κ1) is 29.3. The van der Waals surface area contributed by atoms with E-state index in [0.717, 1.165) is 9.80 Å². The minimum Gasteiger partial charge on any atom is -0.497 e. The number of halogens is 1. The Kier molecular flexibility index (Phi) is 8.97. The smallest absolute Gasteiger partial charge is 0.272 e. The predicted molar refractivity (Wildman–Crippen MR) is 163 cm³/mol. The molecule has 0 radical (unpaired) electrons. The van der Waals surface area contributed by atoms with Gasteiger partial charge < -0.3 is 15.4 Å². The maximum atomic E-state index is 13.3. The summed E-state index contributed by atoms with van der Waals surface area (Å²) in [4.78, 5) is 53.5. The summed E-state index contributed by atoms with van der Waals surface area (Å²) in [7, 11) is 1.54. The molecule has 4 aromatic carbocycles. The average Bonchev–Trinajstić information content (AvgIpc) is 3.30. The lowest BCUT2D eigenvalue weighted by Crippen LogP contribution is -2.31. The van der Waals surface area contributed by atoms with Crippen LogP contribution in [0, 0.1) is 5.82 Å². The molecule has 5 rings (SSSR count). The van der Waals surface area contributed by atoms with Crippen LogP contribution in [0.3, 0.4) is 0 Å². The summed E-state index contributed by atoms with van der Waals surface area (Å²) in [5, 5.41) is 4.86. The summed E-state index contributed by atoms with van der Waals surface area (Å²) in [5.41, 5.74) is 1.86. The van der Waals surface area contributed by atoms with E-state index in [9.17, 15) is 23.6 Å². The number of rotatable bonds is 9. The summed E-state index contributed by atoms with van der Waals surface area (Å²) >= 11 is 1.23. The summed E-state index contributed by atoms with van der Waals surface area (Å²) < 4.78 is 18.6. The van der Waals surface area contributed by atoms with Crippen LogP contribution in [0.5, 0.6) is 5.75 Å². The summed E-state index contributed by atoms with van der Waals surface area (Å²) in [6.07, 6.45) is 1.57. The van der Waals surface area contributed by atoms with Gasteiger partial charge in [-0.25, -0.2) is 9.29 Å². The van der Waals surface area contributed by atoms with Crippen LogP contribution in [0.2, 0.25) is 0 Å². The van der Waals surface area contributed by atoms with Gasteiger partial charge in [0, 0.05) is 22.6 Å². The van der Waals surface area contributed by atoms with Gasteiger partial charge in [0.05, 0.1) is 18.0 Å². The molecular weight excluding hydrogens is 569 g/mol. The molecular formula is C33H26FN3O5S. The Labute approximate surface area is 251 Å². The lowest BCUT2D eigenvalue weighted by molar-refractivity contribution is -0.121. The lowest BCUT2D eigenvalue weighted by Gasteiger charge is -2.15. The fourth-order valence-electron chi connectivity index (χ4n) is 4.38. The monoisotopic (exact) mass is 595 g/mol. The van der Waals surface area contributed by atoms with Crippen LogP contribution in [0.4, 0.5) is 15.8 Å². The topological polar surface area (TPSA) is 105 Å². The van der Waals surface area contributed by atoms with Crippen LogP contribution in [0.15, 0.2) is 114 Å². The van der Waals surface area contributed by atoms with Crippen molar-refractivity contribution in [1.82, 2.24) is 5.32 Å². The van der Waals surface area contributed by atoms with Gasteiger partial charge in [-0.15, -0.1) is 11.8 Å². The molecule has 8 nitrogen and oxygen atoms in total. The first-order valence-electron chi connectivity index (χ1n) is 13.2. The number of nitrogens with zero attached hydrogens (tertiary/aromatic N) is 1. The molecule has 4 aromatic rings. The van der Waals surface area contributed by atoms with Gasteiger partial charge >= 0.3 is 0 Å². The molecule has 1 heterocycles. The highest BCUT2D eigenvalue weighted by atomic mass is 32.2. The Morgan fingerprint density at radius 3 is 2.35 bits per heavy atom. The second kappa shape index (κ2) is 13.2. The zero-order chi connectivity index (χ0) is 30.3. The van der Waals surface area contributed by atoms with E-state index in [1.54, 1.807) is 84.9 Å². The van der Waals surface area contributed by atoms with Crippen molar-refractivity contribution in [2.75, 3.05) is 17.3 Å². The van der Waals surface area contributed by atoms with Crippen molar-refractivity contribution in [2.24, 2.45) is 0 Å². The molecule has 1 saturated heterocycles. The molecule has 1 fully saturated rings. The summed E-state index contributed by atoms with van der Waals surface area (Å²) in [5.74, 6) is -1.57. The maximum absolute atomic E-state index is 13.3. The van der Waals surface area contributed by atoms with Crippen molar-refractivity contribution in [3.05, 3.63) is 126 Å². The van der Waals surface area contributed by atoms with E-state index < -0.39 is 22.9 Å². The third kappa shape index (κ3) is 7.17. The number of amides is 4. The van der Waals surface area contributed by atoms with E-state index in [1.165, 1.54) is 43.1 Å². The van der Waals surface area contributed by atoms with Crippen LogP contribution < -0.4 is 20.3 Å². The Morgan fingerprint density at radius 2 is 1.65 bits per heavy atom. The fourth-order valence-corrected chi connectivity index (χ4v) is 5.43. The minimum absolute atomic E-state index is 0.0128. The fraction of sp³-hybridized carbons (Fsp3) is 0.0909. The number of thioether (sulfide) groups is 1. The number of methoxy groups -OCH3 is 1. The molecule has 4 amide bonds. The van der Waals surface area contributed by atoms with Gasteiger partial charge in [0.2, 0.25) is 11.8 Å². The normalized spacial score (nSPS) is 14.9. The average molecular weight is 596 g/mol. The molecule has 2 N–H and O–H groups in total. The number of carbonyl (C=O) groups is 4. The second-order valence-electron chi connectivity index (χ2n) is 9.49. The van der Waals surface area contributed by atoms with Gasteiger partial charge in [0.25, 0.3) is 11.8 Å². The standard InChI is InChI=1S/C33H26FN3O5S/c1-42-26-9-5-6-21(18-26)19-28(36-31(39)22-7-3-2-4-8-22)32(40)35-24-12-16-27(17-13-24)43-29-20-30(38)37(33(29)41)25-14-10-23(34)11-15-25/h2-19,29H,20H2,1H3,(H,35,40)(H,36,39)/b28-19-. The van der Waals surface area contributed by atoms with Crippen molar-refractivity contribution in [1.29, 1.82) is 0 Å². The largest absolute Gasteiger partial charge is 0.497 e. The quantitative estimate of drug-likeness (QED) is 0.191. The molecule has 1 atom stereocenters. The van der Waals surface area contributed by atoms with Crippen LogP contribution in [-0.2, 0) is 14.4 Å². The third-order valence-electron chi connectivity index (χ3n) is 6.51. The van der Waals surface area contributed by atoms with Gasteiger partial charge in [-0.3, -0.25) is 19.2 Å². The van der Waals surface area contributed by atoms with E-state index in [4.69, 9.17) is 4.74 Å². The molecule has 1 aliphatic heterocycles. The van der Waals surface area contributed by atoms with Crippen LogP contribution in [-0.4, -0.2) is 36.0 Å². The molecule has 0 spiro atoms. The third-order valence-corrected chi connectivity index (χ3v) is 7.71. The predicted octanol–water partition coefficient (Wildman–Crippen LogP) is 5.67. The second-order valence-corrected chi connectivity index (χ2v) is 10.8. The first-order valence-corrected chi connectivity index (χ1v) is 14.1. The number of anilines is 2. The Balaban J connectivity index is 1.28. The summed E-state index contributed by atoms with van der Waals surface area (Å²) in [6, 6.07) is 27.6. The molecule has 0 aromatic heterocycles. The van der Waals surface area contributed by atoms with E-state index in [-0.39, 0.29) is 23.9 Å². The van der Waals surface area contributed by atoms with E-state index >= 15 is 0 Å². The number of ether oxygens (including phenoxy) is 1. The highest BCUT2D eigenvalue weighted by molar-refractivity contribution is 8.00. The van der Waals surface area contributed by atoms with Gasteiger partial charge in [-0.05, 0) is 84.4 Å². The van der Waals surface area contributed by atoms with Gasteiger partial charge in [-0.1, -0.05) is 30.3 Å². The Hall–Kier alpha value is -5.22. The molecule has 10 heteroatoms. The van der Waals surface area contributed by atoms with Crippen molar-refractivity contribution in [3.63, 3.8) is 0 Å². The molecule has 43 heavy (non-hydrogen) atoms. The number of imide groups is 1. The molecule has 1 unspecified atom stereocenters. The number of carbonyl (C=O) groups excluding carboxylic acids is 4. The highest BCUT2D eigenvalue weighted by Crippen LogP contribution is 2.34. The van der Waals surface area contributed by atoms with Gasteiger partial charge in [0.1, 0.15) is 17.3 Å². The van der Waals surface area contributed by atoms with Crippen molar-refractivity contribution < 1.29 is 28.3 Å². The molecule has 0 saturated carbocycles. The van der Waals surface area contributed by atoms with Crippen molar-refractivity contribution in [2.45, 2.75) is 16.6 Å². The summed E-state index contributed by atoms with van der Waals surface area (Å²) in [6.45, 7) is 0. The van der Waals surface area contributed by atoms with Crippen LogP contribution in [0.1, 0.15) is 22.3 Å². The highest BCUT2D eigenvalue weighted by Gasteiger charge is 2.40. The minimum atomic E-state index is -0.636.